The fourth-order valence-electron chi connectivity index (χ4n) is 3.29. The molecule has 130 valence electrons. The Balaban J connectivity index is 1.61. The largest absolute Gasteiger partial charge is 0.338 e. The number of benzene rings is 1. The molecule has 0 fully saturated rings. The third kappa shape index (κ3) is 3.18. The number of fused-ring (bicyclic) bond motifs is 1. The summed E-state index contributed by atoms with van der Waals surface area (Å²) in [5, 5.41) is 0. The molecule has 1 aliphatic rings. The summed E-state index contributed by atoms with van der Waals surface area (Å²) in [4.78, 5) is 27.4. The van der Waals surface area contributed by atoms with Crippen LogP contribution in [0.5, 0.6) is 0 Å². The van der Waals surface area contributed by atoms with Crippen LogP contribution in [0.15, 0.2) is 55.1 Å². The van der Waals surface area contributed by atoms with Gasteiger partial charge in [-0.05, 0) is 36.8 Å². The molecule has 1 amide bonds. The van der Waals surface area contributed by atoms with Gasteiger partial charge in [0.1, 0.15) is 12.1 Å². The van der Waals surface area contributed by atoms with E-state index in [-0.39, 0.29) is 5.91 Å². The molecule has 0 aliphatic carbocycles. The van der Waals surface area contributed by atoms with E-state index < -0.39 is 5.82 Å². The van der Waals surface area contributed by atoms with Crippen LogP contribution < -0.4 is 0 Å². The second-order valence-electron chi connectivity index (χ2n) is 6.19. The number of aromatic nitrogens is 3. The lowest BCUT2D eigenvalue weighted by Gasteiger charge is -2.20. The predicted molar refractivity (Wildman–Crippen MR) is 95.0 cm³/mol. The molecule has 3 heterocycles. The Morgan fingerprint density at radius 2 is 1.85 bits per heavy atom. The zero-order valence-electron chi connectivity index (χ0n) is 14.1. The smallest absolute Gasteiger partial charge is 0.253 e. The van der Waals surface area contributed by atoms with Crippen LogP contribution in [0.4, 0.5) is 4.39 Å². The van der Waals surface area contributed by atoms with E-state index in [9.17, 15) is 9.18 Å². The zero-order valence-corrected chi connectivity index (χ0v) is 14.1. The van der Waals surface area contributed by atoms with Crippen molar-refractivity contribution in [1.82, 2.24) is 19.9 Å². The monoisotopic (exact) mass is 348 g/mol. The molecule has 4 rings (SSSR count). The molecule has 0 N–H and O–H groups in total. The molecule has 6 heteroatoms. The first-order valence-corrected chi connectivity index (χ1v) is 8.50. The van der Waals surface area contributed by atoms with Gasteiger partial charge in [0.2, 0.25) is 0 Å². The minimum Gasteiger partial charge on any atom is -0.338 e. The topological polar surface area (TPSA) is 59.0 Å². The minimum atomic E-state index is -0.403. The maximum atomic E-state index is 13.4. The van der Waals surface area contributed by atoms with Crippen LogP contribution in [0.3, 0.4) is 0 Å². The Labute approximate surface area is 150 Å². The van der Waals surface area contributed by atoms with E-state index >= 15 is 0 Å². The van der Waals surface area contributed by atoms with Crippen molar-refractivity contribution in [2.45, 2.75) is 12.8 Å². The maximum Gasteiger partial charge on any atom is 0.253 e. The summed E-state index contributed by atoms with van der Waals surface area (Å²) in [6.45, 7) is 1.10. The molecular weight excluding hydrogens is 331 g/mol. The number of hydrogen-bond donors (Lipinski definition) is 0. The summed E-state index contributed by atoms with van der Waals surface area (Å²) in [5.41, 5.74) is 4.27. The highest BCUT2D eigenvalue weighted by Gasteiger charge is 2.23. The molecule has 3 aromatic rings. The number of hydrogen-bond acceptors (Lipinski definition) is 4. The summed E-state index contributed by atoms with van der Waals surface area (Å²) in [7, 11) is 0. The van der Waals surface area contributed by atoms with E-state index in [1.807, 2.05) is 12.1 Å². The maximum absolute atomic E-state index is 13.4. The number of carbonyl (C=O) groups is 1. The van der Waals surface area contributed by atoms with Gasteiger partial charge in [-0.15, -0.1) is 0 Å². The lowest BCUT2D eigenvalue weighted by molar-refractivity contribution is 0.0762. The molecule has 0 spiro atoms. The van der Waals surface area contributed by atoms with Gasteiger partial charge in [-0.1, -0.05) is 6.07 Å². The molecule has 0 saturated carbocycles. The summed E-state index contributed by atoms with van der Waals surface area (Å²) in [6, 6.07) is 9.66. The second-order valence-corrected chi connectivity index (χ2v) is 6.19. The van der Waals surface area contributed by atoms with E-state index in [4.69, 9.17) is 0 Å². The van der Waals surface area contributed by atoms with E-state index in [0.29, 0.717) is 31.5 Å². The number of halogens is 1. The molecule has 1 aromatic carbocycles. The van der Waals surface area contributed by atoms with E-state index in [1.54, 1.807) is 35.8 Å². The fraction of sp³-hybridized carbons (Fsp3) is 0.200. The SMILES string of the molecule is O=C(c1cccc(F)c1)N1CCc2ncnc(-c3ccncc3)c2CC1. The average Bonchev–Trinajstić information content (AvgIpc) is 2.91. The molecule has 0 saturated heterocycles. The first-order chi connectivity index (χ1) is 12.7. The van der Waals surface area contributed by atoms with Crippen LogP contribution in [0.2, 0.25) is 0 Å². The Morgan fingerprint density at radius 3 is 2.65 bits per heavy atom. The van der Waals surface area contributed by atoms with Crippen molar-refractivity contribution in [2.24, 2.45) is 0 Å². The van der Waals surface area contributed by atoms with Crippen LogP contribution in [-0.4, -0.2) is 38.8 Å². The van der Waals surface area contributed by atoms with Crippen molar-refractivity contribution in [3.05, 3.63) is 77.8 Å². The Hall–Kier alpha value is -3.15. The molecule has 1 aliphatic heterocycles. The Kier molecular flexibility index (Phi) is 4.39. The van der Waals surface area contributed by atoms with Crippen molar-refractivity contribution in [2.75, 3.05) is 13.1 Å². The highest BCUT2D eigenvalue weighted by Crippen LogP contribution is 2.25. The molecule has 0 unspecified atom stereocenters. The Bertz CT molecular complexity index is 946. The van der Waals surface area contributed by atoms with Gasteiger partial charge in [-0.3, -0.25) is 9.78 Å². The van der Waals surface area contributed by atoms with E-state index in [0.717, 1.165) is 22.5 Å². The molecule has 2 aromatic heterocycles. The van der Waals surface area contributed by atoms with Gasteiger partial charge in [-0.25, -0.2) is 14.4 Å². The normalized spacial score (nSPS) is 13.8. The average molecular weight is 348 g/mol. The minimum absolute atomic E-state index is 0.157. The molecular formula is C20H17FN4O. The lowest BCUT2D eigenvalue weighted by atomic mass is 10.0. The van der Waals surface area contributed by atoms with E-state index in [1.165, 1.54) is 12.1 Å². The Morgan fingerprint density at radius 1 is 1.04 bits per heavy atom. The van der Waals surface area contributed by atoms with Crippen molar-refractivity contribution in [1.29, 1.82) is 0 Å². The molecule has 5 nitrogen and oxygen atoms in total. The summed E-state index contributed by atoms with van der Waals surface area (Å²) >= 11 is 0. The predicted octanol–water partition coefficient (Wildman–Crippen LogP) is 2.92. The van der Waals surface area contributed by atoms with Gasteiger partial charge in [-0.2, -0.15) is 0 Å². The van der Waals surface area contributed by atoms with Gasteiger partial charge in [0.15, 0.2) is 0 Å². The van der Waals surface area contributed by atoms with Gasteiger partial charge < -0.3 is 4.90 Å². The van der Waals surface area contributed by atoms with Crippen molar-refractivity contribution in [3.8, 4) is 11.3 Å². The summed E-state index contributed by atoms with van der Waals surface area (Å²) in [5.74, 6) is -0.560. The first-order valence-electron chi connectivity index (χ1n) is 8.50. The van der Waals surface area contributed by atoms with Crippen molar-refractivity contribution in [3.63, 3.8) is 0 Å². The zero-order chi connectivity index (χ0) is 17.9. The quantitative estimate of drug-likeness (QED) is 0.714. The number of carbonyl (C=O) groups excluding carboxylic acids is 1. The number of amides is 1. The molecule has 0 radical (unpaired) electrons. The summed E-state index contributed by atoms with van der Waals surface area (Å²) in [6.07, 6.45) is 6.35. The highest BCUT2D eigenvalue weighted by atomic mass is 19.1. The van der Waals surface area contributed by atoms with Crippen molar-refractivity contribution < 1.29 is 9.18 Å². The molecule has 26 heavy (non-hydrogen) atoms. The summed E-state index contributed by atoms with van der Waals surface area (Å²) < 4.78 is 13.4. The van der Waals surface area contributed by atoms with Crippen LogP contribution in [0.25, 0.3) is 11.3 Å². The first kappa shape index (κ1) is 16.3. The fourth-order valence-corrected chi connectivity index (χ4v) is 3.29. The van der Waals surface area contributed by atoms with Gasteiger partial charge >= 0.3 is 0 Å². The lowest BCUT2D eigenvalue weighted by Crippen LogP contribution is -2.33. The van der Waals surface area contributed by atoms with Crippen LogP contribution in [0, 0.1) is 5.82 Å². The number of pyridine rings is 1. The number of nitrogens with zero attached hydrogens (tertiary/aromatic N) is 4. The molecule has 0 atom stereocenters. The van der Waals surface area contributed by atoms with Crippen LogP contribution in [0.1, 0.15) is 21.6 Å². The van der Waals surface area contributed by atoms with Crippen LogP contribution >= 0.6 is 0 Å². The van der Waals surface area contributed by atoms with Gasteiger partial charge in [0.05, 0.1) is 5.69 Å². The third-order valence-electron chi connectivity index (χ3n) is 4.60. The molecule has 0 bridgehead atoms. The van der Waals surface area contributed by atoms with Gasteiger partial charge in [0, 0.05) is 54.3 Å². The number of rotatable bonds is 2. The van der Waals surface area contributed by atoms with Gasteiger partial charge in [0.25, 0.3) is 5.91 Å². The highest BCUT2D eigenvalue weighted by molar-refractivity contribution is 5.94. The second kappa shape index (κ2) is 7.00. The van der Waals surface area contributed by atoms with E-state index in [2.05, 4.69) is 15.0 Å². The van der Waals surface area contributed by atoms with Crippen LogP contribution in [-0.2, 0) is 12.8 Å². The standard InChI is InChI=1S/C20H17FN4O/c21-16-3-1-2-15(12-16)20(26)25-10-6-17-18(7-11-25)23-13-24-19(17)14-4-8-22-9-5-14/h1-5,8-9,12-13H,6-7,10-11H2. The van der Waals surface area contributed by atoms with Crippen molar-refractivity contribution >= 4 is 5.91 Å². The third-order valence-corrected chi connectivity index (χ3v) is 4.60.